The second-order valence-corrected chi connectivity index (χ2v) is 37.6. The van der Waals surface area contributed by atoms with E-state index in [9.17, 15) is 43.1 Å². The molecule has 4 atom stereocenters. The zero-order chi connectivity index (χ0) is 103. The standard InChI is InChI=1S/C28H31N5O3.C27H29N5O3.C23H23N5O.C18H13N3O2.C9H18N2O2.CH2Cl2.CH3F/c1-19-6-12-22(13-7-19)33-25(21-10-8-20(17-29)9-11-21)16-24(30-33)26(34)32-15-14-23(18-32)31(5)27(35)36-28(2,3)4;1-18-5-11-22(12-6-18)32-24(20-9-7-19(16-28)8-10-20)15-23(30-32)25(33)31-14-13-21(17-31)29-26(34)35-27(2,3)4;1-16-3-9-20(10-4-16)28-22(18-7-5-17(14-24)6-8-18)13-21(26-28)23(29)27-12-11-19(15-27)25-2;1-12-2-8-15(9-3-12)21-17(10-16(20-21)18(22)23)14-6-4-13(11-19)5-7-14;1-9(2,3)13-8(12)11-7-4-5-10-6-7;2-1-3;1-2/h6-13,16,23H,14-15,18H2,1-5H3;5-12,15,21H,13-14,17H2,1-4H3,(H,29,34);3-10,13,19,25H,11-12,15H2,1-2H3;2-10H,1H3,(H,22,23);7,10H,4-6H2,1-3H3,(H,11,12);1H2;1H3/t23-;21-;19-;;7-;;/m000.0../s1/i;;;;;;1D. The summed E-state index contributed by atoms with van der Waals surface area (Å²) in [6, 6.07) is 75.9. The molecule has 16 rings (SSSR count). The monoisotopic (exact) mass is 1950 g/mol. The fourth-order valence-electron chi connectivity index (χ4n) is 15.3. The number of nitrogens with one attached hydrogen (secondary N) is 4. The Morgan fingerprint density at radius 2 is 0.716 bits per heavy atom. The molecule has 0 aliphatic carbocycles. The molecule has 4 aliphatic heterocycles. The van der Waals surface area contributed by atoms with E-state index in [0.717, 1.165) is 117 Å². The quantitative estimate of drug-likeness (QED) is 0.0443. The molecule has 0 bridgehead atoms. The van der Waals surface area contributed by atoms with Crippen molar-refractivity contribution in [3.05, 3.63) is 286 Å². The van der Waals surface area contributed by atoms with E-state index >= 15 is 0 Å². The minimum absolute atomic E-state index is 0.0232. The number of likely N-dealkylation sites (tertiary alicyclic amines) is 3. The Morgan fingerprint density at radius 3 is 0.993 bits per heavy atom. The fraction of sp³-hybridized carbons (Fsp3) is 0.336. The Bertz CT molecular complexity index is 6480. The molecule has 141 heavy (non-hydrogen) atoms. The number of carbonyl (C=O) groups excluding carboxylic acids is 6. The highest BCUT2D eigenvalue weighted by Gasteiger charge is 2.37. The largest absolute Gasteiger partial charge is 0.476 e. The van der Waals surface area contributed by atoms with Crippen molar-refractivity contribution in [2.45, 2.75) is 157 Å². The third-order valence-electron chi connectivity index (χ3n) is 22.6. The summed E-state index contributed by atoms with van der Waals surface area (Å²) in [5.41, 5.74) is 16.0. The van der Waals surface area contributed by atoms with E-state index in [4.69, 9.17) is 59.8 Å². The number of halogens is 3. The minimum atomic E-state index is -1.08. The minimum Gasteiger partial charge on any atom is -0.476 e. The third kappa shape index (κ3) is 30.6. The maximum absolute atomic E-state index is 13.5. The molecule has 8 aromatic carbocycles. The predicted octanol–water partition coefficient (Wildman–Crippen LogP) is 18.7. The molecule has 0 spiro atoms. The topological polar surface area (TPSA) is 395 Å². The summed E-state index contributed by atoms with van der Waals surface area (Å²) in [5, 5.41) is 75.9. The van der Waals surface area contributed by atoms with Crippen molar-refractivity contribution >= 4 is 65.2 Å². The van der Waals surface area contributed by atoms with Crippen LogP contribution in [0.3, 0.4) is 0 Å². The number of ether oxygens (including phenoxy) is 3. The number of aromatic nitrogens is 8. The van der Waals surface area contributed by atoms with Crippen molar-refractivity contribution in [2.24, 2.45) is 0 Å². The molecule has 4 aliphatic rings. The van der Waals surface area contributed by atoms with Gasteiger partial charge in [-0.1, -0.05) is 119 Å². The molecule has 0 saturated carbocycles. The number of carbonyl (C=O) groups is 7. The molecule has 31 nitrogen and oxygen atoms in total. The number of carboxylic acid groups (broad SMARTS) is 1. The zero-order valence-electron chi connectivity index (χ0n) is 82.8. The maximum atomic E-state index is 13.5. The fourth-order valence-corrected chi connectivity index (χ4v) is 15.3. The number of nitriles is 4. The van der Waals surface area contributed by atoms with E-state index < -0.39 is 42.1 Å². The maximum Gasteiger partial charge on any atom is 0.410 e. The summed E-state index contributed by atoms with van der Waals surface area (Å²) in [7, 11) is 2.63. The molecular formula is C107H119Cl2FN20O11. The van der Waals surface area contributed by atoms with Crippen molar-refractivity contribution in [3.63, 3.8) is 0 Å². The number of amides is 6. The molecule has 0 unspecified atom stereocenters. The van der Waals surface area contributed by atoms with Gasteiger partial charge in [0.25, 0.3) is 17.7 Å². The van der Waals surface area contributed by atoms with Crippen LogP contribution in [-0.2, 0) is 14.2 Å². The van der Waals surface area contributed by atoms with Crippen LogP contribution < -0.4 is 21.3 Å². The number of nitrogens with zero attached hydrogens (tertiary/aromatic N) is 16. The van der Waals surface area contributed by atoms with Gasteiger partial charge in [-0.25, -0.2) is 37.9 Å². The van der Waals surface area contributed by atoms with Crippen molar-refractivity contribution in [3.8, 4) is 92.1 Å². The lowest BCUT2D eigenvalue weighted by molar-refractivity contribution is 0.0225. The van der Waals surface area contributed by atoms with Crippen molar-refractivity contribution in [2.75, 3.05) is 78.9 Å². The first-order chi connectivity index (χ1) is 67.6. The average Bonchev–Trinajstić information content (AvgIpc) is 1.73. The van der Waals surface area contributed by atoms with Crippen LogP contribution >= 0.6 is 23.2 Å². The molecule has 4 saturated heterocycles. The summed E-state index contributed by atoms with van der Waals surface area (Å²) >= 11 is 9.53. The van der Waals surface area contributed by atoms with Gasteiger partial charge in [0, 0.05) is 87.2 Å². The van der Waals surface area contributed by atoms with Crippen LogP contribution in [0.1, 0.15) is 176 Å². The highest BCUT2D eigenvalue weighted by atomic mass is 35.5. The van der Waals surface area contributed by atoms with Gasteiger partial charge in [-0.2, -0.15) is 41.4 Å². The average molecular weight is 1950 g/mol. The summed E-state index contributed by atoms with van der Waals surface area (Å²) in [6.45, 7) is 29.7. The Morgan fingerprint density at radius 1 is 0.440 bits per heavy atom. The number of aryl methyl sites for hydroxylation is 4. The van der Waals surface area contributed by atoms with Gasteiger partial charge >= 0.3 is 24.2 Å². The van der Waals surface area contributed by atoms with E-state index in [0.29, 0.717) is 96.6 Å². The van der Waals surface area contributed by atoms with Crippen LogP contribution in [0.5, 0.6) is 0 Å². The van der Waals surface area contributed by atoms with Gasteiger partial charge in [0.2, 0.25) is 0 Å². The molecule has 34 heteroatoms. The van der Waals surface area contributed by atoms with E-state index in [-0.39, 0.29) is 53.0 Å². The lowest BCUT2D eigenvalue weighted by Gasteiger charge is -2.28. The SMILES string of the molecule is CC(C)(C)OC(=O)N[C@H]1CCNC1.CN[C@H]1CCN(C(=O)c2cc(-c3ccc(C#N)cc3)n(-c3ccc(C)cc3)n2)C1.Cc1ccc(-n2nc(C(=O)N3CC[C@H](N(C)C(=O)OC(C)(C)C)C3)cc2-c2ccc(C#N)cc2)cc1.Cc1ccc(-n2nc(C(=O)N3CC[C@H](NC(=O)OC(C)(C)C)C3)cc2-c2ccc(C#N)cc2)cc1.Cc1ccc(-n2nc(C(=O)O)cc2-c2ccc(C#N)cc2)cc1.ClCCl.[2H]CF. The van der Waals surface area contributed by atoms with Gasteiger partial charge in [-0.15, -0.1) is 23.2 Å². The van der Waals surface area contributed by atoms with Crippen LogP contribution in [-0.4, -0.2) is 226 Å². The molecule has 12 aromatic rings. The number of carboxylic acids is 1. The number of aromatic carboxylic acids is 1. The van der Waals surface area contributed by atoms with Crippen LogP contribution in [0.25, 0.3) is 67.8 Å². The summed E-state index contributed by atoms with van der Waals surface area (Å²) in [6.07, 6.45) is 2.05. The summed E-state index contributed by atoms with van der Waals surface area (Å²) in [4.78, 5) is 93.9. The zero-order valence-corrected chi connectivity index (χ0v) is 83.3. The number of hydrogen-bond donors (Lipinski definition) is 5. The van der Waals surface area contributed by atoms with E-state index in [1.165, 1.54) is 6.07 Å². The summed E-state index contributed by atoms with van der Waals surface area (Å²) < 4.78 is 38.4. The number of rotatable bonds is 16. The van der Waals surface area contributed by atoms with E-state index in [1.807, 2.05) is 241 Å². The van der Waals surface area contributed by atoms with E-state index in [1.54, 1.807) is 113 Å². The van der Waals surface area contributed by atoms with Crippen molar-refractivity contribution < 1.29 is 58.6 Å². The first-order valence-electron chi connectivity index (χ1n) is 46.5. The molecule has 6 amide bonds. The number of alkyl carbamates (subject to hydrolysis) is 2. The van der Waals surface area contributed by atoms with Crippen LogP contribution in [0, 0.1) is 73.0 Å². The second kappa shape index (κ2) is 49.8. The number of hydrogen-bond acceptors (Lipinski definition) is 20. The number of likely N-dealkylation sites (N-methyl/N-ethyl adjacent to an activating group) is 2. The van der Waals surface area contributed by atoms with Crippen LogP contribution in [0.2, 0.25) is 0 Å². The van der Waals surface area contributed by atoms with Gasteiger partial charge in [0.05, 0.1) is 118 Å². The van der Waals surface area contributed by atoms with Gasteiger partial charge in [0.15, 0.2) is 22.8 Å². The molecule has 5 N–H and O–H groups in total. The first-order valence-corrected chi connectivity index (χ1v) is 46.8. The third-order valence-corrected chi connectivity index (χ3v) is 22.6. The smallest absolute Gasteiger partial charge is 0.410 e. The Balaban J connectivity index is 0.000000185. The Labute approximate surface area is 833 Å². The van der Waals surface area contributed by atoms with E-state index in [2.05, 4.69) is 65.9 Å². The van der Waals surface area contributed by atoms with Crippen LogP contribution in [0.4, 0.5) is 18.8 Å². The summed E-state index contributed by atoms with van der Waals surface area (Å²) in [5.74, 6) is -1.51. The Hall–Kier alpha value is -15.3. The van der Waals surface area contributed by atoms with Crippen molar-refractivity contribution in [1.82, 2.24) is 80.0 Å². The van der Waals surface area contributed by atoms with Crippen molar-refractivity contribution in [1.29, 1.82) is 21.0 Å². The van der Waals surface area contributed by atoms with Gasteiger partial charge in [0.1, 0.15) is 16.8 Å². The molecule has 0 radical (unpaired) electrons. The van der Waals surface area contributed by atoms with Gasteiger partial charge in [-0.3, -0.25) is 18.8 Å². The number of alkyl halides is 3. The highest BCUT2D eigenvalue weighted by Crippen LogP contribution is 2.33. The second-order valence-electron chi connectivity index (χ2n) is 36.8. The lowest BCUT2D eigenvalue weighted by atomic mass is 10.1. The normalized spacial score (nSPS) is 15.1. The predicted molar refractivity (Wildman–Crippen MR) is 540 cm³/mol. The molecular weight excluding hydrogens is 1830 g/mol. The molecule has 4 fully saturated rings. The Kier molecular flexibility index (Phi) is 37.5. The highest BCUT2D eigenvalue weighted by molar-refractivity contribution is 6.40. The molecule has 8 heterocycles. The first kappa shape index (κ1) is 106. The molecule has 4 aromatic heterocycles. The lowest BCUT2D eigenvalue weighted by Crippen LogP contribution is -2.42. The van der Waals surface area contributed by atoms with Gasteiger partial charge in [-0.05, 0) is 251 Å². The van der Waals surface area contributed by atoms with Gasteiger partial charge < -0.3 is 60.2 Å². The van der Waals surface area contributed by atoms with Crippen LogP contribution in [0.15, 0.2) is 218 Å². The number of benzene rings is 8. The molecule has 734 valence electrons.